The van der Waals surface area contributed by atoms with Gasteiger partial charge in [-0.3, -0.25) is 9.89 Å². The van der Waals surface area contributed by atoms with Gasteiger partial charge in [0, 0.05) is 25.2 Å². The Kier molecular flexibility index (Phi) is 7.21. The van der Waals surface area contributed by atoms with Gasteiger partial charge in [0.25, 0.3) is 0 Å². The molecular weight excluding hydrogens is 236 g/mol. The number of guanidine groups is 1. The highest BCUT2D eigenvalue weighted by molar-refractivity contribution is 5.79. The zero-order chi connectivity index (χ0) is 14.3. The van der Waals surface area contributed by atoms with Gasteiger partial charge in [0.1, 0.15) is 0 Å². The van der Waals surface area contributed by atoms with Crippen LogP contribution in [0.25, 0.3) is 0 Å². The van der Waals surface area contributed by atoms with Gasteiger partial charge in [-0.25, -0.2) is 0 Å². The van der Waals surface area contributed by atoms with Crippen LogP contribution in [0.15, 0.2) is 4.99 Å². The molecule has 4 nitrogen and oxygen atoms in total. The Bertz CT molecular complexity index is 275. The van der Waals surface area contributed by atoms with Crippen molar-refractivity contribution in [2.75, 3.05) is 26.2 Å². The Hall–Kier alpha value is -0.770. The highest BCUT2D eigenvalue weighted by Gasteiger charge is 2.20. The molecule has 1 saturated heterocycles. The molecule has 0 aromatic rings. The lowest BCUT2D eigenvalue weighted by molar-refractivity contribution is 0.142. The lowest BCUT2D eigenvalue weighted by Crippen LogP contribution is -2.44. The van der Waals surface area contributed by atoms with Crippen molar-refractivity contribution in [3.05, 3.63) is 0 Å². The van der Waals surface area contributed by atoms with E-state index in [1.54, 1.807) is 0 Å². The van der Waals surface area contributed by atoms with Gasteiger partial charge in [0.2, 0.25) is 0 Å². The van der Waals surface area contributed by atoms with Crippen LogP contribution >= 0.6 is 0 Å². The number of aliphatic imine (C=N–C) groups is 1. The Labute approximate surface area is 119 Å². The number of piperidine rings is 1. The number of hydrogen-bond donors (Lipinski definition) is 2. The SMILES string of the molecule is CCNC(=NCC(C)N1CCCC(C)C1)NC(C)C. The van der Waals surface area contributed by atoms with Gasteiger partial charge in [0.15, 0.2) is 5.96 Å². The van der Waals surface area contributed by atoms with Crippen LogP contribution in [0.2, 0.25) is 0 Å². The number of nitrogens with one attached hydrogen (secondary N) is 2. The van der Waals surface area contributed by atoms with Gasteiger partial charge in [-0.05, 0) is 53.0 Å². The van der Waals surface area contributed by atoms with Crippen LogP contribution in [0.4, 0.5) is 0 Å². The predicted octanol–water partition coefficient (Wildman–Crippen LogP) is 2.07. The van der Waals surface area contributed by atoms with Crippen LogP contribution < -0.4 is 10.6 Å². The van der Waals surface area contributed by atoms with E-state index in [1.807, 2.05) is 0 Å². The molecule has 112 valence electrons. The monoisotopic (exact) mass is 268 g/mol. The molecule has 1 aliphatic rings. The van der Waals surface area contributed by atoms with Crippen molar-refractivity contribution in [1.29, 1.82) is 0 Å². The summed E-state index contributed by atoms with van der Waals surface area (Å²) in [6.45, 7) is 15.3. The van der Waals surface area contributed by atoms with Crippen molar-refractivity contribution >= 4 is 5.96 Å². The van der Waals surface area contributed by atoms with Gasteiger partial charge in [-0.15, -0.1) is 0 Å². The van der Waals surface area contributed by atoms with Crippen molar-refractivity contribution in [2.24, 2.45) is 10.9 Å². The largest absolute Gasteiger partial charge is 0.357 e. The Morgan fingerprint density at radius 1 is 1.37 bits per heavy atom. The van der Waals surface area contributed by atoms with Crippen LogP contribution in [0, 0.1) is 5.92 Å². The molecule has 0 aliphatic carbocycles. The van der Waals surface area contributed by atoms with Crippen LogP contribution in [0.1, 0.15) is 47.5 Å². The van der Waals surface area contributed by atoms with Crippen molar-refractivity contribution < 1.29 is 0 Å². The minimum atomic E-state index is 0.420. The van der Waals surface area contributed by atoms with Gasteiger partial charge in [-0.2, -0.15) is 0 Å². The van der Waals surface area contributed by atoms with Crippen LogP contribution in [0.5, 0.6) is 0 Å². The molecule has 2 N–H and O–H groups in total. The minimum Gasteiger partial charge on any atom is -0.357 e. The molecule has 2 unspecified atom stereocenters. The number of nitrogens with zero attached hydrogens (tertiary/aromatic N) is 2. The average Bonchev–Trinajstić information content (AvgIpc) is 2.35. The molecule has 2 atom stereocenters. The minimum absolute atomic E-state index is 0.420. The normalized spacial score (nSPS) is 23.5. The maximum atomic E-state index is 4.71. The van der Waals surface area contributed by atoms with E-state index in [0.29, 0.717) is 12.1 Å². The van der Waals surface area contributed by atoms with E-state index in [4.69, 9.17) is 4.99 Å². The fourth-order valence-electron chi connectivity index (χ4n) is 2.56. The fraction of sp³-hybridized carbons (Fsp3) is 0.933. The molecule has 4 heteroatoms. The molecule has 0 spiro atoms. The molecule has 0 bridgehead atoms. The molecule has 1 rings (SSSR count). The second-order valence-electron chi connectivity index (χ2n) is 6.11. The van der Waals surface area contributed by atoms with Crippen molar-refractivity contribution in [2.45, 2.75) is 59.5 Å². The number of hydrogen-bond acceptors (Lipinski definition) is 2. The fourth-order valence-corrected chi connectivity index (χ4v) is 2.56. The Balaban J connectivity index is 2.46. The van der Waals surface area contributed by atoms with E-state index in [0.717, 1.165) is 25.0 Å². The van der Waals surface area contributed by atoms with Crippen LogP contribution in [-0.4, -0.2) is 49.1 Å². The van der Waals surface area contributed by atoms with Gasteiger partial charge < -0.3 is 10.6 Å². The quantitative estimate of drug-likeness (QED) is 0.592. The summed E-state index contributed by atoms with van der Waals surface area (Å²) in [5, 5.41) is 6.67. The highest BCUT2D eigenvalue weighted by atomic mass is 15.2. The zero-order valence-electron chi connectivity index (χ0n) is 13.4. The lowest BCUT2D eigenvalue weighted by atomic mass is 9.99. The standard InChI is InChI=1S/C15H32N4/c1-6-16-15(18-12(2)3)17-10-14(5)19-9-7-8-13(4)11-19/h12-14H,6-11H2,1-5H3,(H2,16,17,18). The van der Waals surface area contributed by atoms with Gasteiger partial charge >= 0.3 is 0 Å². The number of rotatable bonds is 5. The van der Waals surface area contributed by atoms with E-state index < -0.39 is 0 Å². The summed E-state index contributed by atoms with van der Waals surface area (Å²) < 4.78 is 0. The molecule has 0 aromatic heterocycles. The molecule has 0 saturated carbocycles. The maximum Gasteiger partial charge on any atom is 0.191 e. The summed E-state index contributed by atoms with van der Waals surface area (Å²) in [6, 6.07) is 0.952. The molecule has 19 heavy (non-hydrogen) atoms. The van der Waals surface area contributed by atoms with E-state index in [-0.39, 0.29) is 0 Å². The first-order valence-electron chi connectivity index (χ1n) is 7.81. The molecule has 0 radical (unpaired) electrons. The summed E-state index contributed by atoms with van der Waals surface area (Å²) in [4.78, 5) is 7.29. The topological polar surface area (TPSA) is 39.7 Å². The first-order valence-corrected chi connectivity index (χ1v) is 7.81. The average molecular weight is 268 g/mol. The first-order chi connectivity index (χ1) is 9.02. The van der Waals surface area contributed by atoms with Gasteiger partial charge in [-0.1, -0.05) is 6.92 Å². The molecule has 1 aliphatic heterocycles. The second-order valence-corrected chi connectivity index (χ2v) is 6.11. The Morgan fingerprint density at radius 2 is 2.11 bits per heavy atom. The molecule has 0 aromatic carbocycles. The van der Waals surface area contributed by atoms with Gasteiger partial charge in [0.05, 0.1) is 6.54 Å². The van der Waals surface area contributed by atoms with Crippen LogP contribution in [0.3, 0.4) is 0 Å². The summed E-state index contributed by atoms with van der Waals surface area (Å²) in [5.41, 5.74) is 0. The van der Waals surface area contributed by atoms with E-state index in [9.17, 15) is 0 Å². The highest BCUT2D eigenvalue weighted by Crippen LogP contribution is 2.17. The maximum absolute atomic E-state index is 4.71. The molecule has 0 amide bonds. The van der Waals surface area contributed by atoms with E-state index >= 15 is 0 Å². The number of likely N-dealkylation sites (tertiary alicyclic amines) is 1. The third-order valence-corrected chi connectivity index (χ3v) is 3.60. The van der Waals surface area contributed by atoms with E-state index in [2.05, 4.69) is 50.2 Å². The molecular formula is C15H32N4. The lowest BCUT2D eigenvalue weighted by Gasteiger charge is -2.35. The van der Waals surface area contributed by atoms with E-state index in [1.165, 1.54) is 25.9 Å². The summed E-state index contributed by atoms with van der Waals surface area (Å²) in [6.07, 6.45) is 2.71. The first kappa shape index (κ1) is 16.3. The second kappa shape index (κ2) is 8.41. The van der Waals surface area contributed by atoms with Crippen molar-refractivity contribution in [1.82, 2.24) is 15.5 Å². The third kappa shape index (κ3) is 6.28. The third-order valence-electron chi connectivity index (χ3n) is 3.60. The molecule has 1 fully saturated rings. The smallest absolute Gasteiger partial charge is 0.191 e. The van der Waals surface area contributed by atoms with Crippen LogP contribution in [-0.2, 0) is 0 Å². The molecule has 1 heterocycles. The predicted molar refractivity (Wildman–Crippen MR) is 83.7 cm³/mol. The summed E-state index contributed by atoms with van der Waals surface area (Å²) >= 11 is 0. The summed E-state index contributed by atoms with van der Waals surface area (Å²) in [7, 11) is 0. The summed E-state index contributed by atoms with van der Waals surface area (Å²) in [5.74, 6) is 1.77. The Morgan fingerprint density at radius 3 is 2.68 bits per heavy atom. The zero-order valence-corrected chi connectivity index (χ0v) is 13.4. The van der Waals surface area contributed by atoms with Crippen molar-refractivity contribution in [3.63, 3.8) is 0 Å². The van der Waals surface area contributed by atoms with Crippen molar-refractivity contribution in [3.8, 4) is 0 Å².